The van der Waals surface area contributed by atoms with Crippen molar-refractivity contribution in [2.24, 2.45) is 0 Å². The van der Waals surface area contributed by atoms with Crippen molar-refractivity contribution in [3.05, 3.63) is 0 Å². The second-order valence-electron chi connectivity index (χ2n) is 3.92. The summed E-state index contributed by atoms with van der Waals surface area (Å²) in [4.78, 5) is 22.3. The van der Waals surface area contributed by atoms with Gasteiger partial charge in [0.15, 0.2) is 0 Å². The van der Waals surface area contributed by atoms with Gasteiger partial charge >= 0.3 is 11.9 Å². The summed E-state index contributed by atoms with van der Waals surface area (Å²) in [6, 6.07) is 0. The van der Waals surface area contributed by atoms with E-state index in [9.17, 15) is 9.59 Å². The van der Waals surface area contributed by atoms with Gasteiger partial charge in [-0.15, -0.1) is 11.6 Å². The molecule has 0 spiro atoms. The summed E-state index contributed by atoms with van der Waals surface area (Å²) in [5, 5.41) is -0.246. The molecule has 0 rings (SSSR count). The molecule has 0 radical (unpaired) electrons. The highest BCUT2D eigenvalue weighted by molar-refractivity contribution is 6.20. The summed E-state index contributed by atoms with van der Waals surface area (Å²) in [5.41, 5.74) is 0. The molecule has 0 aliphatic carbocycles. The fourth-order valence-electron chi connectivity index (χ4n) is 1.14. The van der Waals surface area contributed by atoms with Crippen LogP contribution in [0.15, 0.2) is 0 Å². The normalized spacial score (nSPS) is 11.9. The maximum absolute atomic E-state index is 11.2. The van der Waals surface area contributed by atoms with E-state index >= 15 is 0 Å². The monoisotopic (exact) mass is 264 g/mol. The molecule has 1 unspecified atom stereocenters. The van der Waals surface area contributed by atoms with Gasteiger partial charge in [-0.3, -0.25) is 9.59 Å². The minimum Gasteiger partial charge on any atom is -0.465 e. The van der Waals surface area contributed by atoms with Gasteiger partial charge in [-0.25, -0.2) is 0 Å². The minimum absolute atomic E-state index is 0.115. The molecule has 17 heavy (non-hydrogen) atoms. The van der Waals surface area contributed by atoms with Gasteiger partial charge in [-0.05, 0) is 13.3 Å². The first-order valence-electron chi connectivity index (χ1n) is 6.01. The van der Waals surface area contributed by atoms with Crippen molar-refractivity contribution in [2.45, 2.75) is 51.3 Å². The highest BCUT2D eigenvalue weighted by atomic mass is 35.5. The Morgan fingerprint density at radius 2 is 1.76 bits per heavy atom. The molecule has 0 N–H and O–H groups in total. The summed E-state index contributed by atoms with van der Waals surface area (Å²) >= 11 is 5.60. The fourth-order valence-corrected chi connectivity index (χ4v) is 1.21. The molecular weight excluding hydrogens is 244 g/mol. The van der Waals surface area contributed by atoms with Gasteiger partial charge in [-0.1, -0.05) is 26.2 Å². The summed E-state index contributed by atoms with van der Waals surface area (Å²) in [5.74, 6) is -1.12. The molecule has 5 heteroatoms. The Balaban J connectivity index is 3.47. The van der Waals surface area contributed by atoms with Crippen LogP contribution in [0.25, 0.3) is 0 Å². The van der Waals surface area contributed by atoms with Gasteiger partial charge in [0.05, 0.1) is 12.0 Å². The number of hydrogen-bond acceptors (Lipinski definition) is 4. The van der Waals surface area contributed by atoms with E-state index in [4.69, 9.17) is 21.1 Å². The zero-order valence-electron chi connectivity index (χ0n) is 10.5. The largest absolute Gasteiger partial charge is 0.465 e. The van der Waals surface area contributed by atoms with Crippen molar-refractivity contribution < 1.29 is 19.1 Å². The standard InChI is InChI=1S/C12H21ClO4/c1-3-4-5-6-7-16-11(14)8-12(15)17-9-10(2)13/h10H,3-9H2,1-2H3. The van der Waals surface area contributed by atoms with Gasteiger partial charge in [0.1, 0.15) is 13.0 Å². The van der Waals surface area contributed by atoms with Crippen LogP contribution in [0.1, 0.15) is 46.0 Å². The number of alkyl halides is 1. The highest BCUT2D eigenvalue weighted by Crippen LogP contribution is 2.01. The van der Waals surface area contributed by atoms with Crippen LogP contribution in [0.4, 0.5) is 0 Å². The quantitative estimate of drug-likeness (QED) is 0.278. The lowest BCUT2D eigenvalue weighted by atomic mass is 10.2. The number of carbonyl (C=O) groups excluding carboxylic acids is 2. The van der Waals surface area contributed by atoms with Crippen molar-refractivity contribution in [2.75, 3.05) is 13.2 Å². The van der Waals surface area contributed by atoms with Crippen LogP contribution >= 0.6 is 11.6 Å². The van der Waals surface area contributed by atoms with E-state index in [0.29, 0.717) is 6.61 Å². The van der Waals surface area contributed by atoms with E-state index in [1.807, 2.05) is 0 Å². The number of rotatable bonds is 9. The molecule has 0 fully saturated rings. The minimum atomic E-state index is -0.587. The van der Waals surface area contributed by atoms with E-state index in [0.717, 1.165) is 25.7 Å². The Kier molecular flexibility index (Phi) is 9.92. The van der Waals surface area contributed by atoms with Gasteiger partial charge in [-0.2, -0.15) is 0 Å². The first-order valence-corrected chi connectivity index (χ1v) is 6.45. The molecule has 4 nitrogen and oxygen atoms in total. The summed E-state index contributed by atoms with van der Waals surface area (Å²) in [6.07, 6.45) is 3.81. The first kappa shape index (κ1) is 16.2. The molecule has 0 saturated heterocycles. The summed E-state index contributed by atoms with van der Waals surface area (Å²) < 4.78 is 9.64. The maximum atomic E-state index is 11.2. The topological polar surface area (TPSA) is 52.6 Å². The molecule has 0 bridgehead atoms. The van der Waals surface area contributed by atoms with Crippen molar-refractivity contribution in [3.63, 3.8) is 0 Å². The second-order valence-corrected chi connectivity index (χ2v) is 4.67. The molecule has 100 valence electrons. The molecule has 0 aromatic rings. The molecule has 0 heterocycles. The van der Waals surface area contributed by atoms with Gasteiger partial charge in [0, 0.05) is 0 Å². The molecule has 0 amide bonds. The SMILES string of the molecule is CCCCCCOC(=O)CC(=O)OCC(C)Cl. The van der Waals surface area contributed by atoms with Crippen LogP contribution < -0.4 is 0 Å². The third-order valence-electron chi connectivity index (χ3n) is 2.02. The third-order valence-corrected chi connectivity index (χ3v) is 2.15. The number of unbranched alkanes of at least 4 members (excludes halogenated alkanes) is 3. The van der Waals surface area contributed by atoms with Gasteiger partial charge in [0.2, 0.25) is 0 Å². The Labute approximate surface area is 108 Å². The number of halogens is 1. The number of ether oxygens (including phenoxy) is 2. The van der Waals surface area contributed by atoms with Crippen LogP contribution in [-0.2, 0) is 19.1 Å². The number of carbonyl (C=O) groups is 2. The van der Waals surface area contributed by atoms with E-state index in [1.165, 1.54) is 0 Å². The predicted octanol–water partition coefficient (Wildman–Crippen LogP) is 2.67. The van der Waals surface area contributed by atoms with Crippen molar-refractivity contribution in [3.8, 4) is 0 Å². The molecule has 0 aromatic carbocycles. The molecule has 1 atom stereocenters. The van der Waals surface area contributed by atoms with Crippen LogP contribution in [0, 0.1) is 0 Å². The van der Waals surface area contributed by atoms with E-state index in [-0.39, 0.29) is 18.4 Å². The molecule has 0 aliphatic heterocycles. The molecule has 0 aliphatic rings. The number of esters is 2. The Hall–Kier alpha value is -0.770. The van der Waals surface area contributed by atoms with Gasteiger partial charge in [0.25, 0.3) is 0 Å². The van der Waals surface area contributed by atoms with Crippen LogP contribution in [0.2, 0.25) is 0 Å². The van der Waals surface area contributed by atoms with Crippen LogP contribution in [0.3, 0.4) is 0 Å². The Bertz CT molecular complexity index is 229. The lowest BCUT2D eigenvalue weighted by Gasteiger charge is -2.06. The molecule has 0 aromatic heterocycles. The molecular formula is C12H21ClO4. The van der Waals surface area contributed by atoms with E-state index in [1.54, 1.807) is 6.92 Å². The fraction of sp³-hybridized carbons (Fsp3) is 0.833. The molecule has 0 saturated carbocycles. The van der Waals surface area contributed by atoms with E-state index < -0.39 is 11.9 Å². The van der Waals surface area contributed by atoms with E-state index in [2.05, 4.69) is 6.92 Å². The van der Waals surface area contributed by atoms with Crippen molar-refractivity contribution in [1.82, 2.24) is 0 Å². The Morgan fingerprint density at radius 1 is 1.12 bits per heavy atom. The first-order chi connectivity index (χ1) is 8.06. The zero-order chi connectivity index (χ0) is 13.1. The average Bonchev–Trinajstić information content (AvgIpc) is 2.26. The lowest BCUT2D eigenvalue weighted by Crippen LogP contribution is -2.17. The second kappa shape index (κ2) is 10.4. The summed E-state index contributed by atoms with van der Waals surface area (Å²) in [6.45, 7) is 4.31. The number of hydrogen-bond donors (Lipinski definition) is 0. The predicted molar refractivity (Wildman–Crippen MR) is 66.0 cm³/mol. The van der Waals surface area contributed by atoms with Crippen LogP contribution in [-0.4, -0.2) is 30.5 Å². The lowest BCUT2D eigenvalue weighted by molar-refractivity contribution is -0.154. The zero-order valence-corrected chi connectivity index (χ0v) is 11.3. The highest BCUT2D eigenvalue weighted by Gasteiger charge is 2.12. The smallest absolute Gasteiger partial charge is 0.317 e. The Morgan fingerprint density at radius 3 is 2.35 bits per heavy atom. The summed E-state index contributed by atoms with van der Waals surface area (Å²) in [7, 11) is 0. The third kappa shape index (κ3) is 11.5. The van der Waals surface area contributed by atoms with Gasteiger partial charge < -0.3 is 9.47 Å². The average molecular weight is 265 g/mol. The van der Waals surface area contributed by atoms with Crippen molar-refractivity contribution >= 4 is 23.5 Å². The van der Waals surface area contributed by atoms with Crippen molar-refractivity contribution in [1.29, 1.82) is 0 Å². The maximum Gasteiger partial charge on any atom is 0.317 e. The van der Waals surface area contributed by atoms with Crippen LogP contribution in [0.5, 0.6) is 0 Å².